The van der Waals surface area contributed by atoms with Crippen LogP contribution in [0.3, 0.4) is 0 Å². The van der Waals surface area contributed by atoms with Gasteiger partial charge in [0.25, 0.3) is 0 Å². The summed E-state index contributed by atoms with van der Waals surface area (Å²) in [6, 6.07) is 8.20. The lowest BCUT2D eigenvalue weighted by atomic mass is 9.82. The van der Waals surface area contributed by atoms with E-state index in [1.807, 2.05) is 12.1 Å². The van der Waals surface area contributed by atoms with Crippen LogP contribution in [-0.2, 0) is 11.2 Å². The van der Waals surface area contributed by atoms with Gasteiger partial charge in [-0.15, -0.1) is 0 Å². The number of carbonyl (C=O) groups excluding carboxylic acids is 1. The largest absolute Gasteiger partial charge is 0.486 e. The second-order valence-electron chi connectivity index (χ2n) is 4.82. The van der Waals surface area contributed by atoms with E-state index in [9.17, 15) is 4.79 Å². The first kappa shape index (κ1) is 13.1. The number of methoxy groups -OCH3 is 1. The fourth-order valence-electron chi connectivity index (χ4n) is 2.63. The van der Waals surface area contributed by atoms with Crippen molar-refractivity contribution >= 4 is 22.4 Å². The molecule has 104 valence electrons. The third-order valence-electron chi connectivity index (χ3n) is 3.60. The first-order valence-corrected chi connectivity index (χ1v) is 7.48. The van der Waals surface area contributed by atoms with Gasteiger partial charge in [-0.1, -0.05) is 35.6 Å². The van der Waals surface area contributed by atoms with Gasteiger partial charge in [0.15, 0.2) is 10.2 Å². The number of amides is 1. The molecule has 0 aliphatic heterocycles. The lowest BCUT2D eigenvalue weighted by molar-refractivity contribution is -0.117. The van der Waals surface area contributed by atoms with Gasteiger partial charge in [0, 0.05) is 0 Å². The van der Waals surface area contributed by atoms with Crippen molar-refractivity contribution in [3.8, 4) is 5.06 Å². The highest BCUT2D eigenvalue weighted by Gasteiger charge is 2.26. The van der Waals surface area contributed by atoms with Gasteiger partial charge in [-0.3, -0.25) is 4.79 Å². The van der Waals surface area contributed by atoms with E-state index in [4.69, 9.17) is 4.74 Å². The van der Waals surface area contributed by atoms with Crippen molar-refractivity contribution in [2.24, 2.45) is 0 Å². The quantitative estimate of drug-likeness (QED) is 0.943. The van der Waals surface area contributed by atoms with E-state index in [0.29, 0.717) is 10.2 Å². The van der Waals surface area contributed by atoms with Crippen LogP contribution in [0.2, 0.25) is 0 Å². The van der Waals surface area contributed by atoms with Crippen molar-refractivity contribution in [1.29, 1.82) is 0 Å². The third-order valence-corrected chi connectivity index (χ3v) is 4.48. The zero-order chi connectivity index (χ0) is 13.9. The Morgan fingerprint density at radius 1 is 1.45 bits per heavy atom. The highest BCUT2D eigenvalue weighted by atomic mass is 32.1. The molecule has 0 spiro atoms. The number of hydrogen-bond donors (Lipinski definition) is 1. The SMILES string of the molecule is COc1cnc(NC(=O)C2CCCc3ccccc32)s1. The minimum absolute atomic E-state index is 0.0224. The molecule has 0 radical (unpaired) electrons. The number of nitrogens with one attached hydrogen (secondary N) is 1. The van der Waals surface area contributed by atoms with Crippen molar-refractivity contribution in [3.63, 3.8) is 0 Å². The summed E-state index contributed by atoms with van der Waals surface area (Å²) in [6.45, 7) is 0. The summed E-state index contributed by atoms with van der Waals surface area (Å²) in [4.78, 5) is 16.6. The van der Waals surface area contributed by atoms with Gasteiger partial charge in [0.1, 0.15) is 0 Å². The van der Waals surface area contributed by atoms with Gasteiger partial charge in [0.05, 0.1) is 19.2 Å². The Bertz CT molecular complexity index is 624. The fourth-order valence-corrected chi connectivity index (χ4v) is 3.27. The second-order valence-corrected chi connectivity index (χ2v) is 5.81. The summed E-state index contributed by atoms with van der Waals surface area (Å²) in [5, 5.41) is 4.19. The van der Waals surface area contributed by atoms with Crippen molar-refractivity contribution < 1.29 is 9.53 Å². The summed E-state index contributed by atoms with van der Waals surface area (Å²) in [5.74, 6) is -0.0519. The standard InChI is InChI=1S/C15H16N2O2S/c1-19-13-9-16-15(20-13)17-14(18)12-8-4-6-10-5-2-3-7-11(10)12/h2-3,5,7,9,12H,4,6,8H2,1H3,(H,16,17,18). The number of thiazole rings is 1. The van der Waals surface area contributed by atoms with E-state index >= 15 is 0 Å². The average Bonchev–Trinajstić information content (AvgIpc) is 2.94. The fraction of sp³-hybridized carbons (Fsp3) is 0.333. The van der Waals surface area contributed by atoms with Gasteiger partial charge in [-0.25, -0.2) is 4.98 Å². The molecule has 1 aromatic heterocycles. The zero-order valence-electron chi connectivity index (χ0n) is 11.3. The molecule has 0 bridgehead atoms. The molecule has 4 nitrogen and oxygen atoms in total. The molecule has 5 heteroatoms. The van der Waals surface area contributed by atoms with Crippen LogP contribution in [0.5, 0.6) is 5.06 Å². The zero-order valence-corrected chi connectivity index (χ0v) is 12.1. The maximum atomic E-state index is 12.4. The molecule has 1 amide bonds. The van der Waals surface area contributed by atoms with Crippen LogP contribution in [0.15, 0.2) is 30.5 Å². The van der Waals surface area contributed by atoms with Crippen LogP contribution < -0.4 is 10.1 Å². The van der Waals surface area contributed by atoms with Gasteiger partial charge in [-0.2, -0.15) is 0 Å². The first-order chi connectivity index (χ1) is 9.78. The van der Waals surface area contributed by atoms with Crippen molar-refractivity contribution in [2.75, 3.05) is 12.4 Å². The molecule has 1 N–H and O–H groups in total. The first-order valence-electron chi connectivity index (χ1n) is 6.66. The van der Waals surface area contributed by atoms with E-state index in [0.717, 1.165) is 24.8 Å². The van der Waals surface area contributed by atoms with E-state index in [1.54, 1.807) is 13.3 Å². The molecule has 1 aliphatic rings. The van der Waals surface area contributed by atoms with E-state index in [2.05, 4.69) is 22.4 Å². The predicted octanol–water partition coefficient (Wildman–Crippen LogP) is 3.21. The Morgan fingerprint density at radius 2 is 2.30 bits per heavy atom. The van der Waals surface area contributed by atoms with Gasteiger partial charge in [0.2, 0.25) is 5.91 Å². The third kappa shape index (κ3) is 2.54. The number of benzene rings is 1. The number of fused-ring (bicyclic) bond motifs is 1. The Labute approximate surface area is 121 Å². The molecular weight excluding hydrogens is 272 g/mol. The predicted molar refractivity (Wildman–Crippen MR) is 79.4 cm³/mol. The topological polar surface area (TPSA) is 51.2 Å². The molecule has 1 aromatic carbocycles. The number of anilines is 1. The second kappa shape index (κ2) is 5.63. The molecule has 1 atom stereocenters. The number of aromatic nitrogens is 1. The highest BCUT2D eigenvalue weighted by molar-refractivity contribution is 7.17. The van der Waals surface area contributed by atoms with E-state index < -0.39 is 0 Å². The molecule has 20 heavy (non-hydrogen) atoms. The maximum absolute atomic E-state index is 12.4. The average molecular weight is 288 g/mol. The van der Waals surface area contributed by atoms with Crippen LogP contribution >= 0.6 is 11.3 Å². The lowest BCUT2D eigenvalue weighted by Crippen LogP contribution is -2.24. The Balaban J connectivity index is 1.78. The minimum Gasteiger partial charge on any atom is -0.486 e. The molecule has 1 heterocycles. The molecule has 0 fully saturated rings. The van der Waals surface area contributed by atoms with Gasteiger partial charge >= 0.3 is 0 Å². The molecule has 1 unspecified atom stereocenters. The van der Waals surface area contributed by atoms with Crippen LogP contribution in [0.25, 0.3) is 0 Å². The maximum Gasteiger partial charge on any atom is 0.233 e. The highest BCUT2D eigenvalue weighted by Crippen LogP contribution is 2.33. The van der Waals surface area contributed by atoms with Crippen molar-refractivity contribution in [1.82, 2.24) is 4.98 Å². The number of carbonyl (C=O) groups is 1. The smallest absolute Gasteiger partial charge is 0.233 e. The molecule has 3 rings (SSSR count). The Kier molecular flexibility index (Phi) is 3.69. The number of hydrogen-bond acceptors (Lipinski definition) is 4. The Morgan fingerprint density at radius 3 is 3.10 bits per heavy atom. The van der Waals surface area contributed by atoms with Gasteiger partial charge < -0.3 is 10.1 Å². The van der Waals surface area contributed by atoms with Crippen LogP contribution in [0.4, 0.5) is 5.13 Å². The van der Waals surface area contributed by atoms with Crippen LogP contribution in [-0.4, -0.2) is 18.0 Å². The summed E-state index contributed by atoms with van der Waals surface area (Å²) >= 11 is 1.34. The number of ether oxygens (including phenoxy) is 1. The number of aryl methyl sites for hydroxylation is 1. The lowest BCUT2D eigenvalue weighted by Gasteiger charge is -2.24. The molecule has 0 saturated carbocycles. The van der Waals surface area contributed by atoms with Crippen LogP contribution in [0.1, 0.15) is 29.9 Å². The van der Waals surface area contributed by atoms with Crippen molar-refractivity contribution in [2.45, 2.75) is 25.2 Å². The van der Waals surface area contributed by atoms with E-state index in [-0.39, 0.29) is 11.8 Å². The van der Waals surface area contributed by atoms with Crippen LogP contribution in [0, 0.1) is 0 Å². The molecular formula is C15H16N2O2S. The monoisotopic (exact) mass is 288 g/mol. The normalized spacial score (nSPS) is 17.4. The number of rotatable bonds is 3. The van der Waals surface area contributed by atoms with Crippen molar-refractivity contribution in [3.05, 3.63) is 41.6 Å². The summed E-state index contributed by atoms with van der Waals surface area (Å²) in [7, 11) is 1.59. The Hall–Kier alpha value is -1.88. The summed E-state index contributed by atoms with van der Waals surface area (Å²) in [5.41, 5.74) is 2.44. The molecule has 0 saturated heterocycles. The molecule has 1 aliphatic carbocycles. The summed E-state index contributed by atoms with van der Waals surface area (Å²) in [6.07, 6.45) is 4.63. The molecule has 2 aromatic rings. The van der Waals surface area contributed by atoms with Gasteiger partial charge in [-0.05, 0) is 30.4 Å². The summed E-state index contributed by atoms with van der Waals surface area (Å²) < 4.78 is 5.08. The minimum atomic E-state index is -0.0742. The van der Waals surface area contributed by atoms with E-state index in [1.165, 1.54) is 16.9 Å². The number of nitrogens with zero attached hydrogens (tertiary/aromatic N) is 1.